The van der Waals surface area contributed by atoms with Crippen molar-refractivity contribution in [3.05, 3.63) is 100.0 Å². The number of nitrogens with two attached hydrogens (primary N) is 1. The Morgan fingerprint density at radius 1 is 0.429 bits per heavy atom. The highest BCUT2D eigenvalue weighted by atomic mass is 35.5. The van der Waals surface area contributed by atoms with Gasteiger partial charge in [0.2, 0.25) is 0 Å². The van der Waals surface area contributed by atoms with Gasteiger partial charge in [0, 0.05) is 31.9 Å². The molecule has 4 aromatic carbocycles. The van der Waals surface area contributed by atoms with Gasteiger partial charge in [-0.1, -0.05) is 71.2 Å². The first-order chi connectivity index (χ1) is 13.5. The van der Waals surface area contributed by atoms with Crippen LogP contribution in [0, 0.1) is 0 Å². The quantitative estimate of drug-likeness (QED) is 0.329. The zero-order valence-electron chi connectivity index (χ0n) is 14.8. The van der Waals surface area contributed by atoms with Gasteiger partial charge < -0.3 is 5.73 Å². The van der Waals surface area contributed by atoms with Crippen LogP contribution in [0.2, 0.25) is 15.1 Å². The largest absolute Gasteiger partial charge is 0.398 e. The second-order valence-electron chi connectivity index (χ2n) is 6.51. The fourth-order valence-electron chi connectivity index (χ4n) is 3.20. The highest BCUT2D eigenvalue weighted by Gasteiger charge is 2.13. The molecule has 4 aromatic rings. The molecule has 0 fully saturated rings. The van der Waals surface area contributed by atoms with Crippen molar-refractivity contribution in [3.8, 4) is 33.4 Å². The summed E-state index contributed by atoms with van der Waals surface area (Å²) < 4.78 is 0. The maximum atomic E-state index is 6.61. The van der Waals surface area contributed by atoms with Gasteiger partial charge in [0.15, 0.2) is 0 Å². The summed E-state index contributed by atoms with van der Waals surface area (Å²) in [6.07, 6.45) is 0. The summed E-state index contributed by atoms with van der Waals surface area (Å²) in [5.41, 5.74) is 13.4. The minimum absolute atomic E-state index is 0.689. The van der Waals surface area contributed by atoms with E-state index < -0.39 is 0 Å². The smallest absolute Gasteiger partial charge is 0.0473 e. The number of nitrogen functional groups attached to an aromatic ring is 1. The van der Waals surface area contributed by atoms with E-state index in [0.717, 1.165) is 33.4 Å². The first-order valence-corrected chi connectivity index (χ1v) is 9.86. The van der Waals surface area contributed by atoms with E-state index in [9.17, 15) is 0 Å². The molecule has 0 amide bonds. The topological polar surface area (TPSA) is 26.0 Å². The molecular weight excluding hydrogens is 409 g/mol. The number of benzene rings is 4. The van der Waals surface area contributed by atoms with E-state index in [1.165, 1.54) is 0 Å². The van der Waals surface area contributed by atoms with E-state index in [0.29, 0.717) is 20.8 Å². The number of halogens is 3. The summed E-state index contributed by atoms with van der Waals surface area (Å²) >= 11 is 18.2. The van der Waals surface area contributed by atoms with Crippen LogP contribution in [0.5, 0.6) is 0 Å². The number of hydrogen-bond donors (Lipinski definition) is 1. The van der Waals surface area contributed by atoms with Crippen molar-refractivity contribution in [1.82, 2.24) is 0 Å². The van der Waals surface area contributed by atoms with Crippen molar-refractivity contribution >= 4 is 40.5 Å². The molecule has 2 N–H and O–H groups in total. The van der Waals surface area contributed by atoms with E-state index in [4.69, 9.17) is 40.5 Å². The van der Waals surface area contributed by atoms with Crippen molar-refractivity contribution in [2.75, 3.05) is 5.73 Å². The highest BCUT2D eigenvalue weighted by Crippen LogP contribution is 2.39. The Morgan fingerprint density at radius 2 is 0.750 bits per heavy atom. The molecule has 0 aliphatic carbocycles. The molecule has 4 heteroatoms. The van der Waals surface area contributed by atoms with Crippen molar-refractivity contribution in [1.29, 1.82) is 0 Å². The van der Waals surface area contributed by atoms with Gasteiger partial charge in [-0.3, -0.25) is 0 Å². The monoisotopic (exact) mass is 423 g/mol. The van der Waals surface area contributed by atoms with Crippen molar-refractivity contribution in [2.45, 2.75) is 0 Å². The van der Waals surface area contributed by atoms with Gasteiger partial charge in [-0.2, -0.15) is 0 Å². The SMILES string of the molecule is Nc1c(-c2ccc(Cl)cc2)cc(-c2ccc(Cl)cc2)cc1-c1ccc(Cl)cc1. The van der Waals surface area contributed by atoms with Crippen molar-refractivity contribution < 1.29 is 0 Å². The molecule has 138 valence electrons. The van der Waals surface area contributed by atoms with E-state index in [1.54, 1.807) is 0 Å². The second-order valence-corrected chi connectivity index (χ2v) is 7.82. The lowest BCUT2D eigenvalue weighted by atomic mass is 9.91. The maximum absolute atomic E-state index is 6.61. The lowest BCUT2D eigenvalue weighted by Gasteiger charge is -2.16. The van der Waals surface area contributed by atoms with Crippen LogP contribution in [0.15, 0.2) is 84.9 Å². The summed E-state index contributed by atoms with van der Waals surface area (Å²) in [5, 5.41) is 2.08. The Morgan fingerprint density at radius 3 is 1.11 bits per heavy atom. The average molecular weight is 425 g/mol. The van der Waals surface area contributed by atoms with E-state index in [1.807, 2.05) is 72.8 Å². The van der Waals surface area contributed by atoms with Gasteiger partial charge in [0.05, 0.1) is 0 Å². The van der Waals surface area contributed by atoms with E-state index in [2.05, 4.69) is 12.1 Å². The summed E-state index contributed by atoms with van der Waals surface area (Å²) in [7, 11) is 0. The lowest BCUT2D eigenvalue weighted by molar-refractivity contribution is 1.56. The second kappa shape index (κ2) is 7.89. The van der Waals surface area contributed by atoms with Crippen LogP contribution >= 0.6 is 34.8 Å². The maximum Gasteiger partial charge on any atom is 0.0473 e. The highest BCUT2D eigenvalue weighted by molar-refractivity contribution is 6.31. The van der Waals surface area contributed by atoms with Gasteiger partial charge in [-0.05, 0) is 70.8 Å². The molecule has 0 bridgehead atoms. The average Bonchev–Trinajstić information content (AvgIpc) is 2.70. The third kappa shape index (κ3) is 3.88. The molecule has 0 saturated carbocycles. The Kier molecular flexibility index (Phi) is 5.32. The number of rotatable bonds is 3. The fourth-order valence-corrected chi connectivity index (χ4v) is 3.58. The number of anilines is 1. The molecule has 0 radical (unpaired) electrons. The lowest BCUT2D eigenvalue weighted by Crippen LogP contribution is -1.96. The van der Waals surface area contributed by atoms with Crippen LogP contribution in [-0.2, 0) is 0 Å². The first kappa shape index (κ1) is 18.9. The van der Waals surface area contributed by atoms with Gasteiger partial charge in [-0.15, -0.1) is 0 Å². The molecule has 4 rings (SSSR count). The summed E-state index contributed by atoms with van der Waals surface area (Å²) in [5.74, 6) is 0. The molecule has 0 aliphatic rings. The van der Waals surface area contributed by atoms with Crippen molar-refractivity contribution in [3.63, 3.8) is 0 Å². The van der Waals surface area contributed by atoms with Crippen LogP contribution in [0.4, 0.5) is 5.69 Å². The minimum Gasteiger partial charge on any atom is -0.398 e. The summed E-state index contributed by atoms with van der Waals surface area (Å²) in [6.45, 7) is 0. The normalized spacial score (nSPS) is 10.8. The summed E-state index contributed by atoms with van der Waals surface area (Å²) in [6, 6.07) is 27.4. The molecule has 28 heavy (non-hydrogen) atoms. The third-order valence-electron chi connectivity index (χ3n) is 4.67. The molecular formula is C24H16Cl3N. The van der Waals surface area contributed by atoms with Gasteiger partial charge in [0.25, 0.3) is 0 Å². The standard InChI is InChI=1S/C24H16Cl3N/c25-19-7-1-15(2-8-19)18-13-22(16-3-9-20(26)10-4-16)24(28)23(14-18)17-5-11-21(27)12-6-17/h1-14H,28H2. The Hall–Kier alpha value is -2.45. The third-order valence-corrected chi connectivity index (χ3v) is 5.42. The summed E-state index contributed by atoms with van der Waals surface area (Å²) in [4.78, 5) is 0. The molecule has 0 unspecified atom stereocenters. The van der Waals surface area contributed by atoms with Gasteiger partial charge in [0.1, 0.15) is 0 Å². The van der Waals surface area contributed by atoms with E-state index in [-0.39, 0.29) is 0 Å². The zero-order chi connectivity index (χ0) is 19.7. The molecule has 0 heterocycles. The Bertz CT molecular complexity index is 1050. The van der Waals surface area contributed by atoms with E-state index >= 15 is 0 Å². The Balaban J connectivity index is 1.95. The first-order valence-electron chi connectivity index (χ1n) is 8.72. The van der Waals surface area contributed by atoms with Gasteiger partial charge >= 0.3 is 0 Å². The minimum atomic E-state index is 0.689. The molecule has 0 saturated heterocycles. The zero-order valence-corrected chi connectivity index (χ0v) is 17.1. The van der Waals surface area contributed by atoms with Crippen LogP contribution in [0.1, 0.15) is 0 Å². The number of hydrogen-bond acceptors (Lipinski definition) is 1. The van der Waals surface area contributed by atoms with Crippen LogP contribution < -0.4 is 5.73 Å². The fraction of sp³-hybridized carbons (Fsp3) is 0. The predicted octanol–water partition coefficient (Wildman–Crippen LogP) is 8.23. The van der Waals surface area contributed by atoms with Crippen molar-refractivity contribution in [2.24, 2.45) is 0 Å². The molecule has 0 aromatic heterocycles. The van der Waals surface area contributed by atoms with Crippen LogP contribution in [0.25, 0.3) is 33.4 Å². The molecule has 0 aliphatic heterocycles. The van der Waals surface area contributed by atoms with Crippen LogP contribution in [-0.4, -0.2) is 0 Å². The van der Waals surface area contributed by atoms with Gasteiger partial charge in [-0.25, -0.2) is 0 Å². The molecule has 0 spiro atoms. The Labute approximate surface area is 179 Å². The molecule has 1 nitrogen and oxygen atoms in total. The van der Waals surface area contributed by atoms with Crippen LogP contribution in [0.3, 0.4) is 0 Å². The molecule has 0 atom stereocenters. The predicted molar refractivity (Wildman–Crippen MR) is 122 cm³/mol.